The lowest BCUT2D eigenvalue weighted by Gasteiger charge is -2.37. The van der Waals surface area contributed by atoms with Crippen molar-refractivity contribution in [1.29, 1.82) is 0 Å². The van der Waals surface area contributed by atoms with Gasteiger partial charge in [-0.15, -0.1) is 0 Å². The van der Waals surface area contributed by atoms with Crippen LogP contribution in [-0.4, -0.2) is 12.8 Å². The Balaban J connectivity index is 1.15. The number of nitrogens with one attached hydrogen (secondary N) is 1. The van der Waals surface area contributed by atoms with Crippen LogP contribution in [0.4, 0.5) is 11.4 Å². The predicted molar refractivity (Wildman–Crippen MR) is 160 cm³/mol. The molecule has 0 radical (unpaired) electrons. The Kier molecular flexibility index (Phi) is 7.38. The van der Waals surface area contributed by atoms with Crippen LogP contribution >= 0.6 is 11.6 Å². The molecule has 0 saturated heterocycles. The summed E-state index contributed by atoms with van der Waals surface area (Å²) in [6.07, 6.45) is 7.66. The summed E-state index contributed by atoms with van der Waals surface area (Å²) < 4.78 is 11.9. The number of anilines is 1. The number of rotatable bonds is 8. The van der Waals surface area contributed by atoms with Crippen LogP contribution in [-0.2, 0) is 6.61 Å². The molecule has 4 aromatic carbocycles. The molecule has 0 saturated carbocycles. The molecule has 39 heavy (non-hydrogen) atoms. The first kappa shape index (κ1) is 25.3. The van der Waals surface area contributed by atoms with Crippen molar-refractivity contribution < 1.29 is 9.47 Å². The number of ether oxygens (including phenoxy) is 2. The molecule has 0 bridgehead atoms. The first-order valence-corrected chi connectivity index (χ1v) is 13.9. The Hall–Kier alpha value is -4.02. The minimum absolute atomic E-state index is 0.283. The number of halogens is 1. The summed E-state index contributed by atoms with van der Waals surface area (Å²) in [7, 11) is 0. The second-order valence-electron chi connectivity index (χ2n) is 9.97. The zero-order chi connectivity index (χ0) is 26.6. The lowest BCUT2D eigenvalue weighted by atomic mass is 9.77. The molecule has 0 amide bonds. The molecular formula is C34H31ClN2O2. The molecule has 1 aliphatic carbocycles. The minimum Gasteiger partial charge on any atom is -0.490 e. The van der Waals surface area contributed by atoms with Gasteiger partial charge in [0.15, 0.2) is 11.5 Å². The highest BCUT2D eigenvalue weighted by Crippen LogP contribution is 2.49. The van der Waals surface area contributed by atoms with Crippen molar-refractivity contribution in [3.8, 4) is 11.5 Å². The average molecular weight is 535 g/mol. The first-order valence-electron chi connectivity index (χ1n) is 13.5. The van der Waals surface area contributed by atoms with Crippen LogP contribution in [0, 0.1) is 5.92 Å². The zero-order valence-corrected chi connectivity index (χ0v) is 22.6. The van der Waals surface area contributed by atoms with Gasteiger partial charge in [0.1, 0.15) is 6.61 Å². The van der Waals surface area contributed by atoms with Crippen LogP contribution in [0.5, 0.6) is 11.5 Å². The quantitative estimate of drug-likeness (QED) is 0.181. The Morgan fingerprint density at radius 3 is 2.64 bits per heavy atom. The Morgan fingerprint density at radius 1 is 0.923 bits per heavy atom. The molecule has 4 aromatic rings. The van der Waals surface area contributed by atoms with Gasteiger partial charge in [0.05, 0.1) is 18.3 Å². The number of allylic oxidation sites excluding steroid dienone is 2. The lowest BCUT2D eigenvalue weighted by molar-refractivity contribution is 0.269. The number of para-hydroxylation sites is 1. The predicted octanol–water partition coefficient (Wildman–Crippen LogP) is 8.89. The number of hydrogen-bond donors (Lipinski definition) is 1. The van der Waals surface area contributed by atoms with Gasteiger partial charge >= 0.3 is 0 Å². The van der Waals surface area contributed by atoms with Gasteiger partial charge in [0.25, 0.3) is 0 Å². The molecule has 4 nitrogen and oxygen atoms in total. The third-order valence-electron chi connectivity index (χ3n) is 7.44. The minimum atomic E-state index is 0.283. The number of benzene rings is 4. The Morgan fingerprint density at radius 2 is 1.79 bits per heavy atom. The number of nitrogens with zero attached hydrogens (tertiary/aromatic N) is 1. The number of hydrogen-bond acceptors (Lipinski definition) is 4. The van der Waals surface area contributed by atoms with E-state index < -0.39 is 0 Å². The van der Waals surface area contributed by atoms with Crippen molar-refractivity contribution in [2.24, 2.45) is 10.9 Å². The van der Waals surface area contributed by atoms with E-state index in [4.69, 9.17) is 26.1 Å². The molecule has 2 aliphatic rings. The molecule has 1 aliphatic heterocycles. The fraction of sp³-hybridized carbons (Fsp3) is 0.206. The van der Waals surface area contributed by atoms with E-state index in [-0.39, 0.29) is 6.04 Å². The highest BCUT2D eigenvalue weighted by atomic mass is 35.5. The molecular weight excluding hydrogens is 504 g/mol. The SMILES string of the molecule is CCOc1cc(C=Nc2ccc([C@@H]3Nc4ccccc4[C@@H]4C=CC[C@H]43)cc2)ccc1OCc1cccc(Cl)c1. The van der Waals surface area contributed by atoms with E-state index in [0.717, 1.165) is 23.2 Å². The first-order chi connectivity index (χ1) is 19.2. The van der Waals surface area contributed by atoms with Gasteiger partial charge in [0, 0.05) is 22.8 Å². The molecule has 5 heteroatoms. The van der Waals surface area contributed by atoms with Crippen molar-refractivity contribution in [1.82, 2.24) is 0 Å². The van der Waals surface area contributed by atoms with E-state index in [1.165, 1.54) is 16.8 Å². The van der Waals surface area contributed by atoms with Gasteiger partial charge < -0.3 is 14.8 Å². The maximum atomic E-state index is 6.10. The molecule has 0 fully saturated rings. The van der Waals surface area contributed by atoms with E-state index in [1.54, 1.807) is 0 Å². The molecule has 6 rings (SSSR count). The number of fused-ring (bicyclic) bond motifs is 3. The van der Waals surface area contributed by atoms with Crippen LogP contribution in [0.3, 0.4) is 0 Å². The largest absolute Gasteiger partial charge is 0.490 e. The Labute approximate surface area is 235 Å². The summed E-state index contributed by atoms with van der Waals surface area (Å²) in [6, 6.07) is 31.1. The normalized spacial score (nSPS) is 19.4. The standard InChI is InChI=1S/C34H31ClN2O2/c1-2-38-33-20-23(13-18-32(33)39-22-24-7-5-8-26(35)19-24)21-36-27-16-14-25(15-17-27)34-30-11-6-10-28(30)29-9-3-4-12-31(29)37-34/h3-10,12-21,28,30,34,37H,2,11,22H2,1H3/t28-,30+,34-/m0/s1. The van der Waals surface area contributed by atoms with Crippen LogP contribution in [0.1, 0.15) is 47.6 Å². The summed E-state index contributed by atoms with van der Waals surface area (Å²) in [5, 5.41) is 4.49. The third-order valence-corrected chi connectivity index (χ3v) is 7.67. The van der Waals surface area contributed by atoms with Crippen molar-refractivity contribution in [3.63, 3.8) is 0 Å². The highest BCUT2D eigenvalue weighted by molar-refractivity contribution is 6.30. The zero-order valence-electron chi connectivity index (χ0n) is 21.9. The molecule has 1 heterocycles. The van der Waals surface area contributed by atoms with Crippen molar-refractivity contribution in [2.45, 2.75) is 31.9 Å². The summed E-state index contributed by atoms with van der Waals surface area (Å²) in [6.45, 7) is 2.93. The maximum absolute atomic E-state index is 6.10. The fourth-order valence-corrected chi connectivity index (χ4v) is 5.78. The number of aliphatic imine (C=N–C) groups is 1. The summed E-state index contributed by atoms with van der Waals surface area (Å²) in [4.78, 5) is 4.73. The van der Waals surface area contributed by atoms with Gasteiger partial charge in [-0.2, -0.15) is 0 Å². The Bertz CT molecular complexity index is 1510. The molecule has 1 N–H and O–H groups in total. The molecule has 0 unspecified atom stereocenters. The van der Waals surface area contributed by atoms with E-state index in [2.05, 4.69) is 66.0 Å². The van der Waals surface area contributed by atoms with Gasteiger partial charge in [-0.1, -0.05) is 66.2 Å². The van der Waals surface area contributed by atoms with E-state index in [0.29, 0.717) is 41.6 Å². The van der Waals surface area contributed by atoms with Crippen LogP contribution in [0.2, 0.25) is 5.02 Å². The summed E-state index contributed by atoms with van der Waals surface area (Å²) in [5.41, 5.74) is 6.80. The molecule has 0 spiro atoms. The third kappa shape index (κ3) is 5.57. The van der Waals surface area contributed by atoms with Gasteiger partial charge in [0.2, 0.25) is 0 Å². The summed E-state index contributed by atoms with van der Waals surface area (Å²) >= 11 is 6.10. The van der Waals surface area contributed by atoms with Gasteiger partial charge in [-0.3, -0.25) is 4.99 Å². The van der Waals surface area contributed by atoms with Gasteiger partial charge in [-0.25, -0.2) is 0 Å². The monoisotopic (exact) mass is 534 g/mol. The second-order valence-corrected chi connectivity index (χ2v) is 10.4. The lowest BCUT2D eigenvalue weighted by Crippen LogP contribution is -2.28. The smallest absolute Gasteiger partial charge is 0.161 e. The second kappa shape index (κ2) is 11.4. The van der Waals surface area contributed by atoms with Crippen molar-refractivity contribution in [3.05, 3.63) is 130 Å². The van der Waals surface area contributed by atoms with Crippen LogP contribution in [0.25, 0.3) is 0 Å². The maximum Gasteiger partial charge on any atom is 0.161 e. The molecule has 0 aromatic heterocycles. The topological polar surface area (TPSA) is 42.8 Å². The van der Waals surface area contributed by atoms with Gasteiger partial charge in [-0.05, 0) is 90.0 Å². The van der Waals surface area contributed by atoms with E-state index in [9.17, 15) is 0 Å². The van der Waals surface area contributed by atoms with Crippen LogP contribution in [0.15, 0.2) is 108 Å². The molecule has 196 valence electrons. The van der Waals surface area contributed by atoms with Crippen molar-refractivity contribution >= 4 is 29.2 Å². The average Bonchev–Trinajstić information content (AvgIpc) is 3.46. The fourth-order valence-electron chi connectivity index (χ4n) is 5.57. The van der Waals surface area contributed by atoms with Crippen molar-refractivity contribution in [2.75, 3.05) is 11.9 Å². The van der Waals surface area contributed by atoms with E-state index >= 15 is 0 Å². The molecule has 3 atom stereocenters. The highest BCUT2D eigenvalue weighted by Gasteiger charge is 2.37. The summed E-state index contributed by atoms with van der Waals surface area (Å²) in [5.74, 6) is 2.40. The van der Waals surface area contributed by atoms with Crippen LogP contribution < -0.4 is 14.8 Å². The van der Waals surface area contributed by atoms with E-state index in [1.807, 2.05) is 55.6 Å².